The highest BCUT2D eigenvalue weighted by Gasteiger charge is 2.37. The topological polar surface area (TPSA) is 122 Å². The zero-order valence-electron chi connectivity index (χ0n) is 8.81. The summed E-state index contributed by atoms with van der Waals surface area (Å²) in [5.74, 6) is -1.98. The van der Waals surface area contributed by atoms with Gasteiger partial charge >= 0.3 is 5.69 Å². The van der Waals surface area contributed by atoms with Crippen LogP contribution in [0.25, 0.3) is 0 Å². The Balaban J connectivity index is 2.79. The Labute approximate surface area is 114 Å². The third-order valence-corrected chi connectivity index (χ3v) is 3.04. The molecule has 0 fully saturated rings. The number of nitro groups is 1. The predicted octanol–water partition coefficient (Wildman–Crippen LogP) is 1.87. The number of amides is 1. The maximum atomic E-state index is 11.9. The van der Waals surface area contributed by atoms with Crippen molar-refractivity contribution in [2.45, 2.75) is 0 Å². The number of benzene rings is 1. The van der Waals surface area contributed by atoms with E-state index >= 15 is 0 Å². The third kappa shape index (κ3) is 1.90. The number of nitrogens with one attached hydrogen (secondary N) is 1. The van der Waals surface area contributed by atoms with Crippen LogP contribution in [0.4, 0.5) is 11.4 Å². The van der Waals surface area contributed by atoms with Gasteiger partial charge in [-0.2, -0.15) is 0 Å². The van der Waals surface area contributed by atoms with Crippen LogP contribution < -0.4 is 5.32 Å². The third-order valence-electron chi connectivity index (χ3n) is 2.38. The highest BCUT2D eigenvalue weighted by molar-refractivity contribution is 6.73. The van der Waals surface area contributed by atoms with Crippen LogP contribution in [0, 0.1) is 10.1 Å². The lowest BCUT2D eigenvalue weighted by molar-refractivity contribution is -0.384. The van der Waals surface area contributed by atoms with Gasteiger partial charge in [-0.15, -0.1) is 0 Å². The minimum atomic E-state index is -1.02. The fourth-order valence-electron chi connectivity index (χ4n) is 1.59. The summed E-state index contributed by atoms with van der Waals surface area (Å²) in [6, 6.07) is 1.03. The van der Waals surface area contributed by atoms with Gasteiger partial charge in [0.25, 0.3) is 5.91 Å². The number of nitro benzene ring substituents is 1. The molecule has 0 radical (unpaired) electrons. The van der Waals surface area contributed by atoms with E-state index in [4.69, 9.17) is 28.4 Å². The van der Waals surface area contributed by atoms with Gasteiger partial charge in [0.15, 0.2) is 0 Å². The summed E-state index contributed by atoms with van der Waals surface area (Å²) in [5, 5.41) is 23.3. The number of carbonyl (C=O) groups is 2. The number of hydrogen-bond acceptors (Lipinski definition) is 6. The number of rotatable bonds is 1. The maximum absolute atomic E-state index is 11.9. The number of oxime groups is 1. The second kappa shape index (κ2) is 4.48. The van der Waals surface area contributed by atoms with Crippen LogP contribution >= 0.6 is 23.2 Å². The quantitative estimate of drug-likeness (QED) is 0.466. The van der Waals surface area contributed by atoms with E-state index in [-0.39, 0.29) is 16.3 Å². The molecule has 1 aromatic rings. The average molecular weight is 304 g/mol. The molecule has 1 aromatic carbocycles. The zero-order chi connectivity index (χ0) is 14.3. The Morgan fingerprint density at radius 1 is 1.37 bits per heavy atom. The molecule has 2 rings (SSSR count). The smallest absolute Gasteiger partial charge is 0.307 e. The van der Waals surface area contributed by atoms with E-state index in [0.717, 1.165) is 6.07 Å². The lowest BCUT2D eigenvalue weighted by atomic mass is 9.99. The lowest BCUT2D eigenvalue weighted by Gasteiger charge is -2.17. The summed E-state index contributed by atoms with van der Waals surface area (Å²) < 4.78 is 0. The van der Waals surface area contributed by atoms with E-state index in [1.807, 2.05) is 0 Å². The van der Waals surface area contributed by atoms with Crippen LogP contribution in [-0.4, -0.2) is 27.5 Å². The van der Waals surface area contributed by atoms with Crippen molar-refractivity contribution in [3.05, 3.63) is 31.8 Å². The van der Waals surface area contributed by atoms with E-state index in [2.05, 4.69) is 10.5 Å². The number of halogens is 2. The van der Waals surface area contributed by atoms with Crippen LogP contribution in [-0.2, 0) is 4.79 Å². The fourth-order valence-corrected chi connectivity index (χ4v) is 2.27. The Morgan fingerprint density at radius 3 is 2.53 bits per heavy atom. The van der Waals surface area contributed by atoms with Gasteiger partial charge in [0.1, 0.15) is 10.0 Å². The Bertz CT molecular complexity index is 670. The van der Waals surface area contributed by atoms with Crippen molar-refractivity contribution in [3.8, 4) is 0 Å². The predicted molar refractivity (Wildman–Crippen MR) is 65.3 cm³/mol. The minimum Gasteiger partial charge on any atom is -0.410 e. The van der Waals surface area contributed by atoms with E-state index in [1.165, 1.54) is 0 Å². The number of fused-ring (bicyclic) bond motifs is 1. The van der Waals surface area contributed by atoms with Crippen LogP contribution in [0.1, 0.15) is 10.4 Å². The molecule has 19 heavy (non-hydrogen) atoms. The van der Waals surface area contributed by atoms with Crippen molar-refractivity contribution in [1.82, 2.24) is 0 Å². The molecular formula is C9H3Cl2N3O5. The molecule has 0 aliphatic carbocycles. The van der Waals surface area contributed by atoms with Crippen molar-refractivity contribution in [3.63, 3.8) is 0 Å². The second-order valence-corrected chi connectivity index (χ2v) is 4.22. The molecule has 1 heterocycles. The fraction of sp³-hybridized carbons (Fsp3) is 0. The van der Waals surface area contributed by atoms with Gasteiger partial charge in [0, 0.05) is 0 Å². The number of hydrogen-bond donors (Lipinski definition) is 2. The first-order valence-electron chi connectivity index (χ1n) is 4.63. The molecular weight excluding hydrogens is 301 g/mol. The second-order valence-electron chi connectivity index (χ2n) is 3.43. The molecule has 0 aromatic heterocycles. The van der Waals surface area contributed by atoms with Gasteiger partial charge in [0.05, 0.1) is 16.2 Å². The van der Waals surface area contributed by atoms with E-state index in [9.17, 15) is 19.7 Å². The molecule has 10 heteroatoms. The van der Waals surface area contributed by atoms with E-state index < -0.39 is 33.0 Å². The average Bonchev–Trinajstić information content (AvgIpc) is 2.27. The summed E-state index contributed by atoms with van der Waals surface area (Å²) in [6.45, 7) is 0. The monoisotopic (exact) mass is 303 g/mol. The number of nitrogens with zero attached hydrogens (tertiary/aromatic N) is 2. The van der Waals surface area contributed by atoms with Crippen LogP contribution in [0.15, 0.2) is 11.2 Å². The lowest BCUT2D eigenvalue weighted by Crippen LogP contribution is -2.36. The van der Waals surface area contributed by atoms with Crippen LogP contribution in [0.2, 0.25) is 10.0 Å². The molecule has 0 bridgehead atoms. The molecule has 1 aliphatic rings. The minimum absolute atomic E-state index is 0.0806. The molecule has 98 valence electrons. The number of ketones is 1. The van der Waals surface area contributed by atoms with Gasteiger partial charge in [-0.3, -0.25) is 19.7 Å². The molecule has 8 nitrogen and oxygen atoms in total. The highest BCUT2D eigenvalue weighted by atomic mass is 35.5. The molecule has 0 saturated carbocycles. The van der Waals surface area contributed by atoms with Gasteiger partial charge < -0.3 is 10.5 Å². The molecule has 0 spiro atoms. The van der Waals surface area contributed by atoms with Crippen molar-refractivity contribution < 1.29 is 19.7 Å². The van der Waals surface area contributed by atoms with Crippen LogP contribution in [0.3, 0.4) is 0 Å². The summed E-state index contributed by atoms with van der Waals surface area (Å²) >= 11 is 11.4. The van der Waals surface area contributed by atoms with Gasteiger partial charge in [-0.05, 0) is 6.07 Å². The van der Waals surface area contributed by atoms with Crippen molar-refractivity contribution in [2.75, 3.05) is 5.32 Å². The SMILES string of the molecule is O=C1Nc2cc(Cl)c([N+](=O)[O-])c(Cl)c2C(=O)C1=NO. The molecule has 0 atom stereocenters. The van der Waals surface area contributed by atoms with E-state index in [1.54, 1.807) is 0 Å². The first kappa shape index (κ1) is 13.2. The first-order valence-corrected chi connectivity index (χ1v) is 5.38. The van der Waals surface area contributed by atoms with E-state index in [0.29, 0.717) is 0 Å². The molecule has 0 unspecified atom stereocenters. The largest absolute Gasteiger partial charge is 0.410 e. The first-order chi connectivity index (χ1) is 8.88. The molecule has 1 amide bonds. The van der Waals surface area contributed by atoms with Crippen LogP contribution in [0.5, 0.6) is 0 Å². The summed E-state index contributed by atoms with van der Waals surface area (Å²) in [5.41, 5.74) is -1.90. The maximum Gasteiger partial charge on any atom is 0.307 e. The number of carbonyl (C=O) groups excluding carboxylic acids is 2. The van der Waals surface area contributed by atoms with Gasteiger partial charge in [-0.25, -0.2) is 0 Å². The molecule has 0 saturated heterocycles. The van der Waals surface area contributed by atoms with Crippen molar-refractivity contribution >= 4 is 52.0 Å². The summed E-state index contributed by atoms with van der Waals surface area (Å²) in [4.78, 5) is 33.2. The normalized spacial score (nSPS) is 16.2. The standard InChI is InChI=1S/C9H3Cl2N3O5/c10-2-1-3-4(5(11)7(2)14(18)19)8(15)6(13-17)9(16)12-3/h1,17H,(H,12,16). The Morgan fingerprint density at radius 2 is 2.00 bits per heavy atom. The zero-order valence-corrected chi connectivity index (χ0v) is 10.3. The Hall–Kier alpha value is -2.19. The van der Waals surface area contributed by atoms with Crippen molar-refractivity contribution in [1.29, 1.82) is 0 Å². The van der Waals surface area contributed by atoms with Crippen molar-refractivity contribution in [2.24, 2.45) is 5.16 Å². The van der Waals surface area contributed by atoms with Gasteiger partial charge in [-0.1, -0.05) is 28.4 Å². The summed E-state index contributed by atoms with van der Waals surface area (Å²) in [7, 11) is 0. The molecule has 1 aliphatic heterocycles. The molecule has 2 N–H and O–H groups in total. The number of Topliss-reactive ketones (excluding diaryl/α,β-unsaturated/α-hetero) is 1. The highest BCUT2D eigenvalue weighted by Crippen LogP contribution is 2.41. The van der Waals surface area contributed by atoms with Gasteiger partial charge in [0.2, 0.25) is 11.5 Å². The number of anilines is 1. The summed E-state index contributed by atoms with van der Waals surface area (Å²) in [6.07, 6.45) is 0. The Kier molecular flexibility index (Phi) is 3.13.